The Hall–Kier alpha value is -2.89. The minimum atomic E-state index is -0.172. The van der Waals surface area contributed by atoms with Gasteiger partial charge in [-0.3, -0.25) is 4.79 Å². The highest BCUT2D eigenvalue weighted by Crippen LogP contribution is 2.26. The number of nitrogens with zero attached hydrogens (tertiary/aromatic N) is 3. The van der Waals surface area contributed by atoms with Crippen LogP contribution in [-0.4, -0.2) is 20.5 Å². The average Bonchev–Trinajstić information content (AvgIpc) is 3.05. The molecule has 0 fully saturated rings. The summed E-state index contributed by atoms with van der Waals surface area (Å²) in [6.07, 6.45) is 0. The second-order valence-corrected chi connectivity index (χ2v) is 6.71. The van der Waals surface area contributed by atoms with Crippen LogP contribution in [0.1, 0.15) is 16.1 Å². The Morgan fingerprint density at radius 3 is 2.44 bits per heavy atom. The van der Waals surface area contributed by atoms with Gasteiger partial charge in [0.15, 0.2) is 5.65 Å². The van der Waals surface area contributed by atoms with Gasteiger partial charge in [-0.1, -0.05) is 53.5 Å². The summed E-state index contributed by atoms with van der Waals surface area (Å²) in [5.41, 5.74) is 3.57. The normalized spacial score (nSPS) is 10.9. The maximum atomic E-state index is 12.4. The van der Waals surface area contributed by atoms with Crippen LogP contribution < -0.4 is 5.32 Å². The molecule has 1 N–H and O–H groups in total. The van der Waals surface area contributed by atoms with Gasteiger partial charge in [0.25, 0.3) is 5.91 Å². The minimum Gasteiger partial charge on any atom is -0.346 e. The van der Waals surface area contributed by atoms with E-state index >= 15 is 0 Å². The highest BCUT2D eigenvalue weighted by atomic mass is 35.5. The van der Waals surface area contributed by atoms with Crippen LogP contribution in [0, 0.1) is 0 Å². The summed E-state index contributed by atoms with van der Waals surface area (Å²) in [6.45, 7) is 0.250. The molecule has 0 spiro atoms. The van der Waals surface area contributed by atoms with Crippen molar-refractivity contribution in [3.05, 3.63) is 88.2 Å². The standard InChI is InChI=1S/C20H14Cl2N4O/c21-15-8-6-13(7-9-15)19-16(26-18(24-19)11-10-17(22)25-26)12-23-20(27)14-4-2-1-3-5-14/h1-11H,12H2,(H,23,27). The lowest BCUT2D eigenvalue weighted by molar-refractivity contribution is 0.0950. The van der Waals surface area contributed by atoms with E-state index in [1.54, 1.807) is 40.9 Å². The number of imidazole rings is 1. The molecule has 0 unspecified atom stereocenters. The van der Waals surface area contributed by atoms with E-state index in [0.29, 0.717) is 21.4 Å². The van der Waals surface area contributed by atoms with Gasteiger partial charge in [0.05, 0.1) is 17.9 Å². The van der Waals surface area contributed by atoms with Crippen molar-refractivity contribution in [2.24, 2.45) is 0 Å². The summed E-state index contributed by atoms with van der Waals surface area (Å²) in [7, 11) is 0. The summed E-state index contributed by atoms with van der Waals surface area (Å²) in [5.74, 6) is -0.172. The lowest BCUT2D eigenvalue weighted by Crippen LogP contribution is -2.24. The van der Waals surface area contributed by atoms with Gasteiger partial charge in [0.2, 0.25) is 0 Å². The zero-order valence-corrected chi connectivity index (χ0v) is 15.6. The number of aromatic nitrogens is 3. The summed E-state index contributed by atoms with van der Waals surface area (Å²) < 4.78 is 1.65. The van der Waals surface area contributed by atoms with Gasteiger partial charge in [-0.25, -0.2) is 9.50 Å². The Balaban J connectivity index is 1.73. The third-order valence-corrected chi connectivity index (χ3v) is 4.56. The molecule has 2 aromatic heterocycles. The largest absolute Gasteiger partial charge is 0.346 e. The number of fused-ring (bicyclic) bond motifs is 1. The third-order valence-electron chi connectivity index (χ3n) is 4.11. The molecule has 27 heavy (non-hydrogen) atoms. The van der Waals surface area contributed by atoms with Crippen molar-refractivity contribution in [1.82, 2.24) is 19.9 Å². The fourth-order valence-corrected chi connectivity index (χ4v) is 3.07. The number of carbonyl (C=O) groups is 1. The Morgan fingerprint density at radius 2 is 1.70 bits per heavy atom. The fourth-order valence-electron chi connectivity index (χ4n) is 2.81. The van der Waals surface area contributed by atoms with E-state index in [1.165, 1.54) is 0 Å². The lowest BCUT2D eigenvalue weighted by Gasteiger charge is -2.07. The minimum absolute atomic E-state index is 0.172. The van der Waals surface area contributed by atoms with Crippen LogP contribution in [0.25, 0.3) is 16.9 Å². The molecular formula is C20H14Cl2N4O. The monoisotopic (exact) mass is 396 g/mol. The van der Waals surface area contributed by atoms with Crippen molar-refractivity contribution in [3.8, 4) is 11.3 Å². The van der Waals surface area contributed by atoms with Crippen LogP contribution in [0.2, 0.25) is 10.2 Å². The Labute approximate surface area is 165 Å². The molecule has 0 aliphatic carbocycles. The number of hydrogen-bond donors (Lipinski definition) is 1. The van der Waals surface area contributed by atoms with Crippen molar-refractivity contribution in [2.75, 3.05) is 0 Å². The summed E-state index contributed by atoms with van der Waals surface area (Å²) in [6, 6.07) is 19.9. The molecule has 0 saturated heterocycles. The smallest absolute Gasteiger partial charge is 0.251 e. The molecule has 0 radical (unpaired) electrons. The predicted octanol–water partition coefficient (Wildman–Crippen LogP) is 4.63. The van der Waals surface area contributed by atoms with Gasteiger partial charge in [-0.2, -0.15) is 5.10 Å². The maximum absolute atomic E-state index is 12.4. The molecule has 0 bridgehead atoms. The molecule has 5 nitrogen and oxygen atoms in total. The zero-order chi connectivity index (χ0) is 18.8. The summed E-state index contributed by atoms with van der Waals surface area (Å²) in [4.78, 5) is 17.1. The molecule has 4 rings (SSSR count). The molecule has 4 aromatic rings. The maximum Gasteiger partial charge on any atom is 0.251 e. The number of nitrogens with one attached hydrogen (secondary N) is 1. The second-order valence-electron chi connectivity index (χ2n) is 5.89. The van der Waals surface area contributed by atoms with E-state index in [2.05, 4.69) is 15.4 Å². The molecule has 1 amide bonds. The van der Waals surface area contributed by atoms with Gasteiger partial charge >= 0.3 is 0 Å². The number of amides is 1. The van der Waals surface area contributed by atoms with Gasteiger partial charge in [-0.15, -0.1) is 0 Å². The molecular weight excluding hydrogens is 383 g/mol. The van der Waals surface area contributed by atoms with Gasteiger partial charge in [-0.05, 0) is 36.4 Å². The molecule has 134 valence electrons. The quantitative estimate of drug-likeness (QED) is 0.546. The molecule has 0 aliphatic heterocycles. The summed E-state index contributed by atoms with van der Waals surface area (Å²) in [5, 5.41) is 8.24. The first-order valence-corrected chi connectivity index (χ1v) is 9.01. The molecule has 0 aliphatic rings. The van der Waals surface area contributed by atoms with E-state index in [9.17, 15) is 4.79 Å². The SMILES string of the molecule is O=C(NCc1c(-c2ccc(Cl)cc2)nc2ccc(Cl)nn12)c1ccccc1. The second kappa shape index (κ2) is 7.39. The molecule has 0 saturated carbocycles. The van der Waals surface area contributed by atoms with E-state index in [1.807, 2.05) is 30.3 Å². The van der Waals surface area contributed by atoms with Crippen LogP contribution in [-0.2, 0) is 6.54 Å². The van der Waals surface area contributed by atoms with E-state index < -0.39 is 0 Å². The van der Waals surface area contributed by atoms with Crippen molar-refractivity contribution in [3.63, 3.8) is 0 Å². The average molecular weight is 397 g/mol. The molecule has 2 heterocycles. The lowest BCUT2D eigenvalue weighted by atomic mass is 10.1. The van der Waals surface area contributed by atoms with E-state index in [-0.39, 0.29) is 12.5 Å². The molecule has 0 atom stereocenters. The fraction of sp³-hybridized carbons (Fsp3) is 0.0500. The van der Waals surface area contributed by atoms with Crippen molar-refractivity contribution in [2.45, 2.75) is 6.54 Å². The van der Waals surface area contributed by atoms with Crippen LogP contribution in [0.4, 0.5) is 0 Å². The van der Waals surface area contributed by atoms with Gasteiger partial charge in [0.1, 0.15) is 5.15 Å². The van der Waals surface area contributed by atoms with Crippen molar-refractivity contribution < 1.29 is 4.79 Å². The van der Waals surface area contributed by atoms with E-state index in [0.717, 1.165) is 17.0 Å². The Kier molecular flexibility index (Phi) is 4.79. The van der Waals surface area contributed by atoms with Crippen LogP contribution in [0.5, 0.6) is 0 Å². The first-order valence-electron chi connectivity index (χ1n) is 8.25. The van der Waals surface area contributed by atoms with Crippen LogP contribution in [0.15, 0.2) is 66.7 Å². The van der Waals surface area contributed by atoms with Crippen molar-refractivity contribution in [1.29, 1.82) is 0 Å². The van der Waals surface area contributed by atoms with Gasteiger partial charge in [0, 0.05) is 16.1 Å². The topological polar surface area (TPSA) is 59.3 Å². The van der Waals surface area contributed by atoms with Crippen LogP contribution >= 0.6 is 23.2 Å². The number of carbonyl (C=O) groups excluding carboxylic acids is 1. The third kappa shape index (κ3) is 3.65. The molecule has 2 aromatic carbocycles. The first-order chi connectivity index (χ1) is 13.1. The highest BCUT2D eigenvalue weighted by Gasteiger charge is 2.16. The zero-order valence-electron chi connectivity index (χ0n) is 14.1. The summed E-state index contributed by atoms with van der Waals surface area (Å²) >= 11 is 12.1. The predicted molar refractivity (Wildman–Crippen MR) is 106 cm³/mol. The number of halogens is 2. The Bertz CT molecular complexity index is 1110. The van der Waals surface area contributed by atoms with E-state index in [4.69, 9.17) is 23.2 Å². The van der Waals surface area contributed by atoms with Gasteiger partial charge < -0.3 is 5.32 Å². The Morgan fingerprint density at radius 1 is 0.963 bits per heavy atom. The number of rotatable bonds is 4. The number of benzene rings is 2. The number of hydrogen-bond acceptors (Lipinski definition) is 3. The van der Waals surface area contributed by atoms with Crippen molar-refractivity contribution >= 4 is 34.8 Å². The first kappa shape index (κ1) is 17.5. The highest BCUT2D eigenvalue weighted by molar-refractivity contribution is 6.30. The van der Waals surface area contributed by atoms with Crippen LogP contribution in [0.3, 0.4) is 0 Å². The molecule has 7 heteroatoms.